The number of carbonyl (C=O) groups excluding carboxylic acids is 2. The Labute approximate surface area is 172 Å². The molecule has 9 nitrogen and oxygen atoms in total. The van der Waals surface area contributed by atoms with E-state index in [0.29, 0.717) is 45.8 Å². The summed E-state index contributed by atoms with van der Waals surface area (Å²) in [6.45, 7) is 7.86. The van der Waals surface area contributed by atoms with Crippen molar-refractivity contribution in [1.82, 2.24) is 29.6 Å². The molecule has 3 aliphatic rings. The summed E-state index contributed by atoms with van der Waals surface area (Å²) in [6.07, 6.45) is 4.43. The van der Waals surface area contributed by atoms with E-state index in [4.69, 9.17) is 4.74 Å². The summed E-state index contributed by atoms with van der Waals surface area (Å²) in [5.41, 5.74) is 0. The molecule has 0 radical (unpaired) electrons. The number of aryl methyl sites for hydroxylation is 1. The van der Waals surface area contributed by atoms with Gasteiger partial charge >= 0.3 is 0 Å². The zero-order valence-electron chi connectivity index (χ0n) is 17.3. The van der Waals surface area contributed by atoms with Crippen LogP contribution in [-0.4, -0.2) is 102 Å². The van der Waals surface area contributed by atoms with Gasteiger partial charge in [0.1, 0.15) is 5.82 Å². The molecule has 3 saturated heterocycles. The van der Waals surface area contributed by atoms with Gasteiger partial charge in [0.05, 0.1) is 31.6 Å². The van der Waals surface area contributed by atoms with Crippen molar-refractivity contribution in [2.75, 3.05) is 65.6 Å². The van der Waals surface area contributed by atoms with Gasteiger partial charge in [0, 0.05) is 71.8 Å². The molecule has 3 fully saturated rings. The molecule has 0 aromatic carbocycles. The summed E-state index contributed by atoms with van der Waals surface area (Å²) >= 11 is 0. The van der Waals surface area contributed by atoms with Crippen molar-refractivity contribution >= 4 is 11.8 Å². The van der Waals surface area contributed by atoms with E-state index in [1.165, 1.54) is 0 Å². The molecule has 2 atom stereocenters. The molecule has 0 saturated carbocycles. The molecule has 1 aromatic rings. The second-order valence-electron chi connectivity index (χ2n) is 8.28. The monoisotopic (exact) mass is 404 g/mol. The van der Waals surface area contributed by atoms with Gasteiger partial charge in [0.2, 0.25) is 11.8 Å². The molecule has 160 valence electrons. The minimum Gasteiger partial charge on any atom is -0.378 e. The van der Waals surface area contributed by atoms with E-state index < -0.39 is 0 Å². The number of carbonyl (C=O) groups is 2. The lowest BCUT2D eigenvalue weighted by Crippen LogP contribution is -2.54. The number of morpholine rings is 1. The highest BCUT2D eigenvalue weighted by Gasteiger charge is 2.36. The van der Waals surface area contributed by atoms with Gasteiger partial charge < -0.3 is 24.4 Å². The average molecular weight is 405 g/mol. The Bertz CT molecular complexity index is 709. The molecule has 2 amide bonds. The fraction of sp³-hybridized carbons (Fsp3) is 0.750. The van der Waals surface area contributed by atoms with Crippen LogP contribution < -0.4 is 5.32 Å². The number of nitrogens with zero attached hydrogens (tertiary/aromatic N) is 5. The number of ether oxygens (including phenoxy) is 1. The molecule has 29 heavy (non-hydrogen) atoms. The highest BCUT2D eigenvalue weighted by molar-refractivity contribution is 5.83. The molecule has 0 unspecified atom stereocenters. The van der Waals surface area contributed by atoms with Crippen molar-refractivity contribution < 1.29 is 14.3 Å². The molecule has 0 bridgehead atoms. The summed E-state index contributed by atoms with van der Waals surface area (Å²) in [7, 11) is 2.01. The van der Waals surface area contributed by atoms with Crippen LogP contribution in [0.3, 0.4) is 0 Å². The van der Waals surface area contributed by atoms with Gasteiger partial charge in [-0.1, -0.05) is 0 Å². The maximum absolute atomic E-state index is 13.1. The Morgan fingerprint density at radius 1 is 1.03 bits per heavy atom. The Kier molecular flexibility index (Phi) is 6.46. The van der Waals surface area contributed by atoms with Crippen LogP contribution in [0.4, 0.5) is 0 Å². The molecular weight excluding hydrogens is 372 g/mol. The molecule has 3 aliphatic heterocycles. The first-order valence-electron chi connectivity index (χ1n) is 10.7. The highest BCUT2D eigenvalue weighted by Crippen LogP contribution is 2.22. The van der Waals surface area contributed by atoms with Crippen molar-refractivity contribution in [3.8, 4) is 0 Å². The molecular formula is C20H32N6O3. The quantitative estimate of drug-likeness (QED) is 0.704. The number of imidazole rings is 1. The van der Waals surface area contributed by atoms with Crippen LogP contribution in [-0.2, 0) is 27.9 Å². The summed E-state index contributed by atoms with van der Waals surface area (Å²) in [6, 6.07) is 0. The number of piperidine rings is 1. The first-order valence-corrected chi connectivity index (χ1v) is 10.7. The second-order valence-corrected chi connectivity index (χ2v) is 8.28. The van der Waals surface area contributed by atoms with E-state index >= 15 is 0 Å². The minimum absolute atomic E-state index is 0.111. The Hall–Kier alpha value is -1.97. The average Bonchev–Trinajstić information content (AvgIpc) is 3.18. The van der Waals surface area contributed by atoms with Gasteiger partial charge in [-0.3, -0.25) is 14.5 Å². The van der Waals surface area contributed by atoms with Gasteiger partial charge in [0.15, 0.2) is 0 Å². The lowest BCUT2D eigenvalue weighted by Gasteiger charge is -2.39. The summed E-state index contributed by atoms with van der Waals surface area (Å²) in [4.78, 5) is 36.5. The zero-order valence-corrected chi connectivity index (χ0v) is 17.3. The largest absolute Gasteiger partial charge is 0.378 e. The number of rotatable bonds is 4. The number of hydrogen-bond acceptors (Lipinski definition) is 6. The molecule has 4 heterocycles. The van der Waals surface area contributed by atoms with E-state index in [0.717, 1.165) is 38.5 Å². The summed E-state index contributed by atoms with van der Waals surface area (Å²) in [5.74, 6) is 1.18. The normalized spacial score (nSPS) is 26.5. The molecule has 4 rings (SSSR count). The van der Waals surface area contributed by atoms with Gasteiger partial charge in [-0.2, -0.15) is 0 Å². The topological polar surface area (TPSA) is 82.9 Å². The van der Waals surface area contributed by atoms with Gasteiger partial charge in [-0.25, -0.2) is 4.98 Å². The molecule has 1 aromatic heterocycles. The number of hydrogen-bond donors (Lipinski definition) is 1. The lowest BCUT2D eigenvalue weighted by molar-refractivity contribution is -0.143. The Morgan fingerprint density at radius 2 is 1.66 bits per heavy atom. The third-order valence-electron chi connectivity index (χ3n) is 6.34. The fourth-order valence-corrected chi connectivity index (χ4v) is 4.49. The van der Waals surface area contributed by atoms with Crippen LogP contribution >= 0.6 is 0 Å². The first-order chi connectivity index (χ1) is 14.1. The standard InChI is InChI=1S/C20H32N6O3/c1-23-3-2-22-18(23)15-24-4-6-25(7-5-24)19(27)16-12-17(14-21-13-16)20(28)26-8-10-29-11-9-26/h2-3,16-17,21H,4-15H2,1H3/t16-,17-/m1/s1. The van der Waals surface area contributed by atoms with Gasteiger partial charge in [-0.05, 0) is 6.42 Å². The predicted octanol–water partition coefficient (Wildman–Crippen LogP) is -0.851. The van der Waals surface area contributed by atoms with Crippen LogP contribution in [0, 0.1) is 11.8 Å². The Morgan fingerprint density at radius 3 is 2.24 bits per heavy atom. The van der Waals surface area contributed by atoms with Crippen LogP contribution in [0.15, 0.2) is 12.4 Å². The molecule has 0 aliphatic carbocycles. The van der Waals surface area contributed by atoms with E-state index in [1.807, 2.05) is 33.8 Å². The predicted molar refractivity (Wildman–Crippen MR) is 107 cm³/mol. The Balaban J connectivity index is 1.27. The van der Waals surface area contributed by atoms with Crippen LogP contribution in [0.25, 0.3) is 0 Å². The zero-order chi connectivity index (χ0) is 20.2. The minimum atomic E-state index is -0.111. The van der Waals surface area contributed by atoms with Crippen molar-refractivity contribution in [2.24, 2.45) is 18.9 Å². The van der Waals surface area contributed by atoms with Gasteiger partial charge in [0.25, 0.3) is 0 Å². The highest BCUT2D eigenvalue weighted by atomic mass is 16.5. The van der Waals surface area contributed by atoms with Crippen molar-refractivity contribution in [3.63, 3.8) is 0 Å². The van der Waals surface area contributed by atoms with E-state index in [-0.39, 0.29) is 23.7 Å². The number of amides is 2. The maximum Gasteiger partial charge on any atom is 0.227 e. The van der Waals surface area contributed by atoms with Gasteiger partial charge in [-0.15, -0.1) is 0 Å². The second kappa shape index (κ2) is 9.23. The smallest absolute Gasteiger partial charge is 0.227 e. The van der Waals surface area contributed by atoms with Crippen LogP contribution in [0.2, 0.25) is 0 Å². The number of piperazine rings is 1. The van der Waals surface area contributed by atoms with E-state index in [2.05, 4.69) is 15.2 Å². The maximum atomic E-state index is 13.1. The van der Waals surface area contributed by atoms with E-state index in [1.54, 1.807) is 0 Å². The molecule has 0 spiro atoms. The van der Waals surface area contributed by atoms with E-state index in [9.17, 15) is 9.59 Å². The molecule has 9 heteroatoms. The summed E-state index contributed by atoms with van der Waals surface area (Å²) in [5, 5.41) is 3.32. The third kappa shape index (κ3) is 4.79. The summed E-state index contributed by atoms with van der Waals surface area (Å²) < 4.78 is 7.38. The molecule has 1 N–H and O–H groups in total. The third-order valence-corrected chi connectivity index (χ3v) is 6.34. The SMILES string of the molecule is Cn1ccnc1CN1CCN(C(=O)[C@H]2CNC[C@H](C(=O)N3CCOCC3)C2)CC1. The number of nitrogens with one attached hydrogen (secondary N) is 1. The first kappa shape index (κ1) is 20.3. The van der Waals surface area contributed by atoms with Crippen LogP contribution in [0.1, 0.15) is 12.2 Å². The van der Waals surface area contributed by atoms with Crippen molar-refractivity contribution in [2.45, 2.75) is 13.0 Å². The lowest BCUT2D eigenvalue weighted by atomic mass is 9.88. The van der Waals surface area contributed by atoms with Crippen LogP contribution in [0.5, 0.6) is 0 Å². The number of aromatic nitrogens is 2. The van der Waals surface area contributed by atoms with Crippen molar-refractivity contribution in [1.29, 1.82) is 0 Å². The van der Waals surface area contributed by atoms with Crippen molar-refractivity contribution in [3.05, 3.63) is 18.2 Å². The fourth-order valence-electron chi connectivity index (χ4n) is 4.49.